The van der Waals surface area contributed by atoms with E-state index in [1.54, 1.807) is 0 Å². The van der Waals surface area contributed by atoms with Gasteiger partial charge in [0, 0.05) is 30.9 Å². The number of hydrogen-bond donors (Lipinski definition) is 1. The molecule has 0 saturated carbocycles. The molecule has 3 heteroatoms. The van der Waals surface area contributed by atoms with Crippen LogP contribution in [-0.2, 0) is 6.42 Å². The molecule has 1 aliphatic rings. The van der Waals surface area contributed by atoms with Crippen molar-refractivity contribution in [3.63, 3.8) is 0 Å². The van der Waals surface area contributed by atoms with Gasteiger partial charge in [-0.15, -0.1) is 0 Å². The Morgan fingerprint density at radius 2 is 2.00 bits per heavy atom. The Morgan fingerprint density at radius 1 is 1.26 bits per heavy atom. The number of benzene rings is 1. The number of rotatable bonds is 5. The molecule has 2 rings (SSSR count). The number of anilines is 1. The number of carbonyl (C=O) groups is 1. The Bertz CT molecular complexity index is 436. The summed E-state index contributed by atoms with van der Waals surface area (Å²) in [6, 6.07) is 6.04. The van der Waals surface area contributed by atoms with E-state index in [4.69, 9.17) is 0 Å². The Kier molecular flexibility index (Phi) is 4.83. The molecule has 104 valence electrons. The van der Waals surface area contributed by atoms with E-state index in [9.17, 15) is 4.79 Å². The first-order valence-electron chi connectivity index (χ1n) is 7.43. The van der Waals surface area contributed by atoms with Crippen molar-refractivity contribution in [2.24, 2.45) is 0 Å². The predicted octanol–water partition coefficient (Wildman–Crippen LogP) is 3.31. The summed E-state index contributed by atoms with van der Waals surface area (Å²) in [7, 11) is 0. The van der Waals surface area contributed by atoms with Crippen LogP contribution in [0, 0.1) is 0 Å². The number of carbonyl (C=O) groups excluding carboxylic acids is 1. The minimum absolute atomic E-state index is 0.198. The maximum absolute atomic E-state index is 12.7. The van der Waals surface area contributed by atoms with Crippen molar-refractivity contribution in [3.05, 3.63) is 29.3 Å². The Morgan fingerprint density at radius 3 is 2.68 bits per heavy atom. The predicted molar refractivity (Wildman–Crippen MR) is 79.7 cm³/mol. The largest absolute Gasteiger partial charge is 0.385 e. The average Bonchev–Trinajstić information content (AvgIpc) is 2.46. The molecule has 0 aliphatic carbocycles. The maximum atomic E-state index is 12.7. The number of amides is 1. The molecule has 1 N–H and O–H groups in total. The lowest BCUT2D eigenvalue weighted by Gasteiger charge is -2.25. The number of hydrogen-bond acceptors (Lipinski definition) is 2. The first kappa shape index (κ1) is 13.9. The number of nitrogens with zero attached hydrogens (tertiary/aromatic N) is 1. The van der Waals surface area contributed by atoms with Gasteiger partial charge in [0.2, 0.25) is 0 Å². The van der Waals surface area contributed by atoms with Crippen molar-refractivity contribution in [1.29, 1.82) is 0 Å². The molecule has 1 amide bonds. The minimum atomic E-state index is 0.198. The molecule has 0 fully saturated rings. The van der Waals surface area contributed by atoms with Crippen LogP contribution in [0.15, 0.2) is 18.2 Å². The molecule has 1 aromatic rings. The van der Waals surface area contributed by atoms with Crippen molar-refractivity contribution in [1.82, 2.24) is 4.90 Å². The zero-order chi connectivity index (χ0) is 13.7. The fourth-order valence-electron chi connectivity index (χ4n) is 2.74. The van der Waals surface area contributed by atoms with Crippen LogP contribution in [0.3, 0.4) is 0 Å². The third-order valence-electron chi connectivity index (χ3n) is 3.60. The topological polar surface area (TPSA) is 32.3 Å². The highest BCUT2D eigenvalue weighted by atomic mass is 16.2. The lowest BCUT2D eigenvalue weighted by Crippen LogP contribution is -2.33. The maximum Gasteiger partial charge on any atom is 0.254 e. The molecule has 0 unspecified atom stereocenters. The summed E-state index contributed by atoms with van der Waals surface area (Å²) in [5.41, 5.74) is 3.24. The summed E-state index contributed by atoms with van der Waals surface area (Å²) in [6.45, 7) is 6.96. The fourth-order valence-corrected chi connectivity index (χ4v) is 2.74. The lowest BCUT2D eigenvalue weighted by molar-refractivity contribution is 0.0754. The minimum Gasteiger partial charge on any atom is -0.385 e. The molecule has 0 aromatic heterocycles. The van der Waals surface area contributed by atoms with Gasteiger partial charge in [-0.05, 0) is 43.4 Å². The molecule has 3 nitrogen and oxygen atoms in total. The summed E-state index contributed by atoms with van der Waals surface area (Å²) in [4.78, 5) is 14.7. The van der Waals surface area contributed by atoms with Crippen LogP contribution in [0.5, 0.6) is 0 Å². The summed E-state index contributed by atoms with van der Waals surface area (Å²) < 4.78 is 0. The molecule has 0 atom stereocenters. The van der Waals surface area contributed by atoms with Crippen molar-refractivity contribution in [2.75, 3.05) is 25.0 Å². The second kappa shape index (κ2) is 6.60. The molecule has 0 saturated heterocycles. The van der Waals surface area contributed by atoms with E-state index in [0.29, 0.717) is 0 Å². The zero-order valence-electron chi connectivity index (χ0n) is 12.0. The Labute approximate surface area is 116 Å². The molecule has 19 heavy (non-hydrogen) atoms. The van der Waals surface area contributed by atoms with E-state index in [2.05, 4.69) is 25.2 Å². The van der Waals surface area contributed by atoms with Crippen LogP contribution in [0.4, 0.5) is 5.69 Å². The van der Waals surface area contributed by atoms with E-state index < -0.39 is 0 Å². The van der Waals surface area contributed by atoms with Gasteiger partial charge in [0.05, 0.1) is 0 Å². The first-order chi connectivity index (χ1) is 9.27. The van der Waals surface area contributed by atoms with Crippen LogP contribution < -0.4 is 5.32 Å². The summed E-state index contributed by atoms with van der Waals surface area (Å²) in [5, 5.41) is 3.39. The Balaban J connectivity index is 2.27. The van der Waals surface area contributed by atoms with Crippen molar-refractivity contribution in [3.8, 4) is 0 Å². The molecule has 1 aliphatic heterocycles. The zero-order valence-corrected chi connectivity index (χ0v) is 12.0. The monoisotopic (exact) mass is 260 g/mol. The first-order valence-corrected chi connectivity index (χ1v) is 7.43. The van der Waals surface area contributed by atoms with Gasteiger partial charge in [-0.25, -0.2) is 0 Å². The standard InChI is InChI=1S/C16H24N2O/c1-3-11-18(12-4-2)16(19)14-7-5-9-15-13(14)8-6-10-17-15/h5,7,9,17H,3-4,6,8,10-12H2,1-2H3. The van der Waals surface area contributed by atoms with Crippen molar-refractivity contribution in [2.45, 2.75) is 39.5 Å². The van der Waals surface area contributed by atoms with Crippen molar-refractivity contribution < 1.29 is 4.79 Å². The fraction of sp³-hybridized carbons (Fsp3) is 0.562. The highest BCUT2D eigenvalue weighted by Crippen LogP contribution is 2.26. The van der Waals surface area contributed by atoms with Crippen molar-refractivity contribution >= 4 is 11.6 Å². The van der Waals surface area contributed by atoms with E-state index in [1.165, 1.54) is 5.56 Å². The molecule has 0 radical (unpaired) electrons. The van der Waals surface area contributed by atoms with Gasteiger partial charge in [-0.1, -0.05) is 19.9 Å². The van der Waals surface area contributed by atoms with Gasteiger partial charge in [-0.2, -0.15) is 0 Å². The molecule has 0 spiro atoms. The Hall–Kier alpha value is -1.51. The van der Waals surface area contributed by atoms with Gasteiger partial charge in [0.15, 0.2) is 0 Å². The van der Waals surface area contributed by atoms with Gasteiger partial charge >= 0.3 is 0 Å². The normalized spacial score (nSPS) is 13.6. The van der Waals surface area contributed by atoms with Gasteiger partial charge < -0.3 is 10.2 Å². The summed E-state index contributed by atoms with van der Waals surface area (Å²) in [5.74, 6) is 0.198. The highest BCUT2D eigenvalue weighted by molar-refractivity contribution is 5.97. The van der Waals surface area contributed by atoms with E-state index in [0.717, 1.165) is 56.6 Å². The van der Waals surface area contributed by atoms with Gasteiger partial charge in [-0.3, -0.25) is 4.79 Å². The molecule has 1 heterocycles. The quantitative estimate of drug-likeness (QED) is 0.881. The van der Waals surface area contributed by atoms with Crippen LogP contribution >= 0.6 is 0 Å². The van der Waals surface area contributed by atoms with Crippen LogP contribution in [0.2, 0.25) is 0 Å². The highest BCUT2D eigenvalue weighted by Gasteiger charge is 2.20. The third kappa shape index (κ3) is 3.09. The smallest absolute Gasteiger partial charge is 0.254 e. The SMILES string of the molecule is CCCN(CCC)C(=O)c1cccc2c1CCCN2. The second-order valence-electron chi connectivity index (χ2n) is 5.15. The third-order valence-corrected chi connectivity index (χ3v) is 3.60. The molecule has 0 bridgehead atoms. The lowest BCUT2D eigenvalue weighted by atomic mass is 9.96. The average molecular weight is 260 g/mol. The van der Waals surface area contributed by atoms with Gasteiger partial charge in [0.1, 0.15) is 0 Å². The molecular weight excluding hydrogens is 236 g/mol. The van der Waals surface area contributed by atoms with E-state index >= 15 is 0 Å². The second-order valence-corrected chi connectivity index (χ2v) is 5.15. The summed E-state index contributed by atoms with van der Waals surface area (Å²) in [6.07, 6.45) is 4.15. The number of nitrogens with one attached hydrogen (secondary N) is 1. The van der Waals surface area contributed by atoms with E-state index in [-0.39, 0.29) is 5.91 Å². The van der Waals surface area contributed by atoms with Crippen LogP contribution in [-0.4, -0.2) is 30.4 Å². The summed E-state index contributed by atoms with van der Waals surface area (Å²) >= 11 is 0. The molecular formula is C16H24N2O. The van der Waals surface area contributed by atoms with Crippen LogP contribution in [0.1, 0.15) is 49.0 Å². The number of fused-ring (bicyclic) bond motifs is 1. The van der Waals surface area contributed by atoms with Gasteiger partial charge in [0.25, 0.3) is 5.91 Å². The molecule has 1 aromatic carbocycles. The van der Waals surface area contributed by atoms with E-state index in [1.807, 2.05) is 17.0 Å². The van der Waals surface area contributed by atoms with Crippen LogP contribution in [0.25, 0.3) is 0 Å².